The number of benzene rings is 1. The summed E-state index contributed by atoms with van der Waals surface area (Å²) < 4.78 is 7.64. The van der Waals surface area contributed by atoms with Crippen molar-refractivity contribution < 1.29 is 4.74 Å². The lowest BCUT2D eigenvalue weighted by atomic mass is 9.97. The number of ether oxygens (including phenoxy) is 1. The van der Waals surface area contributed by atoms with Crippen molar-refractivity contribution in [3.8, 4) is 11.3 Å². The van der Waals surface area contributed by atoms with E-state index in [1.54, 1.807) is 6.33 Å². The lowest BCUT2D eigenvalue weighted by molar-refractivity contribution is 0.122. The molecule has 9 heteroatoms. The highest BCUT2D eigenvalue weighted by molar-refractivity contribution is 5.93. The van der Waals surface area contributed by atoms with Gasteiger partial charge in [-0.1, -0.05) is 6.07 Å². The first-order valence-electron chi connectivity index (χ1n) is 11.4. The first-order chi connectivity index (χ1) is 15.7. The van der Waals surface area contributed by atoms with E-state index < -0.39 is 0 Å². The van der Waals surface area contributed by atoms with Gasteiger partial charge in [0.15, 0.2) is 5.65 Å². The van der Waals surface area contributed by atoms with Gasteiger partial charge in [0.25, 0.3) is 0 Å². The van der Waals surface area contributed by atoms with Gasteiger partial charge in [0.1, 0.15) is 0 Å². The van der Waals surface area contributed by atoms with Gasteiger partial charge in [-0.05, 0) is 51.0 Å². The fourth-order valence-electron chi connectivity index (χ4n) is 4.77. The Bertz CT molecular complexity index is 1230. The van der Waals surface area contributed by atoms with Gasteiger partial charge in [-0.15, -0.1) is 0 Å². The second-order valence-electron chi connectivity index (χ2n) is 8.92. The van der Waals surface area contributed by atoms with E-state index in [-0.39, 0.29) is 0 Å². The van der Waals surface area contributed by atoms with Crippen LogP contribution in [0.3, 0.4) is 0 Å². The molecule has 0 atom stereocenters. The molecule has 1 aromatic carbocycles. The molecule has 0 bridgehead atoms. The molecule has 3 aromatic heterocycles. The number of aromatic amines is 1. The summed E-state index contributed by atoms with van der Waals surface area (Å²) in [6.07, 6.45) is 6.05. The fourth-order valence-corrected chi connectivity index (χ4v) is 4.77. The van der Waals surface area contributed by atoms with Crippen LogP contribution in [0.5, 0.6) is 0 Å². The fraction of sp³-hybridized carbons (Fsp3) is 0.478. The van der Waals surface area contributed by atoms with Gasteiger partial charge in [-0.3, -0.25) is 0 Å². The number of piperidine rings is 1. The molecule has 32 heavy (non-hydrogen) atoms. The standard InChI is InChI=1S/C23H28N8O/c1-29-6-4-16(5-7-29)14-31-22-18(13-26-31)21(17-2-3-19-20(12-17)25-15-24-19)27-23(28-22)30-8-10-32-11-9-30/h2-3,12-13,15-16H,4-11,14H2,1H3,(H,24,25). The second-order valence-corrected chi connectivity index (χ2v) is 8.92. The molecule has 0 spiro atoms. The molecule has 0 unspecified atom stereocenters. The minimum absolute atomic E-state index is 0.626. The lowest BCUT2D eigenvalue weighted by Crippen LogP contribution is -2.37. The highest BCUT2D eigenvalue weighted by Crippen LogP contribution is 2.31. The second kappa shape index (κ2) is 8.14. The summed E-state index contributed by atoms with van der Waals surface area (Å²) in [6, 6.07) is 6.23. The van der Waals surface area contributed by atoms with Crippen LogP contribution in [0.2, 0.25) is 0 Å². The van der Waals surface area contributed by atoms with Crippen molar-refractivity contribution in [1.29, 1.82) is 0 Å². The topological polar surface area (TPSA) is 88.0 Å². The first-order valence-corrected chi connectivity index (χ1v) is 11.4. The zero-order valence-electron chi connectivity index (χ0n) is 18.4. The quantitative estimate of drug-likeness (QED) is 0.530. The molecule has 6 rings (SSSR count). The summed E-state index contributed by atoms with van der Waals surface area (Å²) in [7, 11) is 2.20. The number of morpholine rings is 1. The van der Waals surface area contributed by atoms with Gasteiger partial charge in [0, 0.05) is 25.2 Å². The third-order valence-electron chi connectivity index (χ3n) is 6.74. The van der Waals surface area contributed by atoms with Crippen molar-refractivity contribution in [2.45, 2.75) is 19.4 Å². The lowest BCUT2D eigenvalue weighted by Gasteiger charge is -2.29. The molecule has 166 valence electrons. The third kappa shape index (κ3) is 3.61. The molecule has 2 aliphatic heterocycles. The van der Waals surface area contributed by atoms with Crippen LogP contribution in [0.1, 0.15) is 12.8 Å². The number of rotatable bonds is 4. The number of likely N-dealkylation sites (tertiary alicyclic amines) is 1. The minimum atomic E-state index is 0.626. The molecule has 1 N–H and O–H groups in total. The molecule has 2 saturated heterocycles. The predicted molar refractivity (Wildman–Crippen MR) is 124 cm³/mol. The van der Waals surface area contributed by atoms with Crippen LogP contribution in [-0.4, -0.2) is 81.1 Å². The summed E-state index contributed by atoms with van der Waals surface area (Å²) in [4.78, 5) is 22.2. The number of fused-ring (bicyclic) bond motifs is 2. The number of aromatic nitrogens is 6. The number of nitrogens with one attached hydrogen (secondary N) is 1. The molecule has 0 amide bonds. The maximum Gasteiger partial charge on any atom is 0.228 e. The van der Waals surface area contributed by atoms with Crippen LogP contribution in [0, 0.1) is 5.92 Å². The van der Waals surface area contributed by atoms with Crippen LogP contribution in [0.25, 0.3) is 33.3 Å². The zero-order chi connectivity index (χ0) is 21.5. The molecule has 2 fully saturated rings. The molecular formula is C23H28N8O. The molecule has 5 heterocycles. The van der Waals surface area contributed by atoms with E-state index in [0.29, 0.717) is 19.1 Å². The van der Waals surface area contributed by atoms with Crippen LogP contribution < -0.4 is 4.90 Å². The first kappa shape index (κ1) is 19.6. The summed E-state index contributed by atoms with van der Waals surface area (Å²) in [5.74, 6) is 1.38. The Hall–Kier alpha value is -3.04. The Morgan fingerprint density at radius 1 is 1.09 bits per heavy atom. The smallest absolute Gasteiger partial charge is 0.228 e. The average molecular weight is 433 g/mol. The largest absolute Gasteiger partial charge is 0.378 e. The molecule has 4 aromatic rings. The van der Waals surface area contributed by atoms with E-state index >= 15 is 0 Å². The van der Waals surface area contributed by atoms with Crippen molar-refractivity contribution >= 4 is 28.0 Å². The van der Waals surface area contributed by atoms with Gasteiger partial charge in [0.2, 0.25) is 5.95 Å². The van der Waals surface area contributed by atoms with E-state index in [0.717, 1.165) is 72.0 Å². The molecule has 0 aliphatic carbocycles. The Morgan fingerprint density at radius 2 is 1.94 bits per heavy atom. The predicted octanol–water partition coefficient (Wildman–Crippen LogP) is 2.55. The van der Waals surface area contributed by atoms with Crippen molar-refractivity contribution in [3.05, 3.63) is 30.7 Å². The molecule has 2 aliphatic rings. The number of H-pyrrole nitrogens is 1. The van der Waals surface area contributed by atoms with E-state index in [4.69, 9.17) is 19.8 Å². The molecule has 0 radical (unpaired) electrons. The average Bonchev–Trinajstić information content (AvgIpc) is 3.47. The van der Waals surface area contributed by atoms with Crippen LogP contribution in [-0.2, 0) is 11.3 Å². The Kier molecular flexibility index (Phi) is 4.99. The maximum absolute atomic E-state index is 5.55. The number of hydrogen-bond donors (Lipinski definition) is 1. The zero-order valence-corrected chi connectivity index (χ0v) is 18.4. The third-order valence-corrected chi connectivity index (χ3v) is 6.74. The Labute approximate surface area is 186 Å². The van der Waals surface area contributed by atoms with Crippen molar-refractivity contribution in [2.75, 3.05) is 51.3 Å². The van der Waals surface area contributed by atoms with Crippen molar-refractivity contribution in [2.24, 2.45) is 5.92 Å². The van der Waals surface area contributed by atoms with E-state index in [1.165, 1.54) is 12.8 Å². The number of hydrogen-bond acceptors (Lipinski definition) is 7. The maximum atomic E-state index is 5.55. The summed E-state index contributed by atoms with van der Waals surface area (Å²) in [5.41, 5.74) is 4.83. The van der Waals surface area contributed by atoms with Crippen LogP contribution in [0.15, 0.2) is 30.7 Å². The van der Waals surface area contributed by atoms with E-state index in [9.17, 15) is 0 Å². The number of nitrogens with zero attached hydrogens (tertiary/aromatic N) is 7. The summed E-state index contributed by atoms with van der Waals surface area (Å²) >= 11 is 0. The normalized spacial score (nSPS) is 18.7. The SMILES string of the molecule is CN1CCC(Cn2ncc3c(-c4ccc5nc[nH]c5c4)nc(N4CCOCC4)nc32)CC1. The highest BCUT2D eigenvalue weighted by atomic mass is 16.5. The van der Waals surface area contributed by atoms with Crippen molar-refractivity contribution in [3.63, 3.8) is 0 Å². The van der Waals surface area contributed by atoms with Crippen LogP contribution in [0.4, 0.5) is 5.95 Å². The number of anilines is 1. The monoisotopic (exact) mass is 432 g/mol. The van der Waals surface area contributed by atoms with Crippen LogP contribution >= 0.6 is 0 Å². The van der Waals surface area contributed by atoms with Gasteiger partial charge >= 0.3 is 0 Å². The van der Waals surface area contributed by atoms with Gasteiger partial charge in [-0.25, -0.2) is 14.6 Å². The van der Waals surface area contributed by atoms with Gasteiger partial charge in [0.05, 0.1) is 47.9 Å². The van der Waals surface area contributed by atoms with Gasteiger partial charge in [-0.2, -0.15) is 10.1 Å². The van der Waals surface area contributed by atoms with Crippen molar-refractivity contribution in [1.82, 2.24) is 34.6 Å². The Morgan fingerprint density at radius 3 is 2.78 bits per heavy atom. The molecule has 9 nitrogen and oxygen atoms in total. The minimum Gasteiger partial charge on any atom is -0.378 e. The van der Waals surface area contributed by atoms with E-state index in [2.05, 4.69) is 43.6 Å². The number of imidazole rings is 1. The Balaban J connectivity index is 1.44. The van der Waals surface area contributed by atoms with E-state index in [1.807, 2.05) is 12.3 Å². The molecule has 0 saturated carbocycles. The van der Waals surface area contributed by atoms with Gasteiger partial charge < -0.3 is 19.5 Å². The molecular weight excluding hydrogens is 404 g/mol. The highest BCUT2D eigenvalue weighted by Gasteiger charge is 2.22. The summed E-state index contributed by atoms with van der Waals surface area (Å²) in [5, 5.41) is 5.76. The summed E-state index contributed by atoms with van der Waals surface area (Å²) in [6.45, 7) is 6.19.